The molecule has 2 amide bonds. The molecule has 1 unspecified atom stereocenters. The van der Waals surface area contributed by atoms with Gasteiger partial charge in [-0.3, -0.25) is 5.32 Å². The molecule has 0 aliphatic carbocycles. The van der Waals surface area contributed by atoms with Crippen LogP contribution in [0, 0.1) is 11.7 Å². The average Bonchev–Trinajstić information content (AvgIpc) is 2.81. The van der Waals surface area contributed by atoms with Crippen molar-refractivity contribution in [3.05, 3.63) is 89.4 Å². The number of aromatic nitrogens is 2. The van der Waals surface area contributed by atoms with Crippen molar-refractivity contribution in [3.8, 4) is 5.75 Å². The lowest BCUT2D eigenvalue weighted by atomic mass is 9.91. The van der Waals surface area contributed by atoms with Gasteiger partial charge < -0.3 is 9.64 Å². The highest BCUT2D eigenvalue weighted by Gasteiger charge is 2.24. The third-order valence-corrected chi connectivity index (χ3v) is 5.65. The highest BCUT2D eigenvalue weighted by atomic mass is 19.1. The number of carbonyl (C=O) groups is 1. The second-order valence-electron chi connectivity index (χ2n) is 8.16. The molecule has 170 valence electrons. The number of hydrogen-bond donors (Lipinski definition) is 1. The van der Waals surface area contributed by atoms with Gasteiger partial charge in [0.15, 0.2) is 5.82 Å². The number of nitrogens with zero attached hydrogens (tertiary/aromatic N) is 3. The minimum absolute atomic E-state index is 0.157. The Morgan fingerprint density at radius 1 is 1.21 bits per heavy atom. The number of likely N-dealkylation sites (tertiary alicyclic amines) is 1. The van der Waals surface area contributed by atoms with E-state index in [9.17, 15) is 9.18 Å². The molecule has 0 spiro atoms. The summed E-state index contributed by atoms with van der Waals surface area (Å²) in [6.07, 6.45) is 5.20. The topological polar surface area (TPSA) is 67.4 Å². The van der Waals surface area contributed by atoms with Gasteiger partial charge in [0, 0.05) is 25.7 Å². The van der Waals surface area contributed by atoms with E-state index in [1.807, 2.05) is 35.2 Å². The molecule has 1 aliphatic rings. The van der Waals surface area contributed by atoms with Gasteiger partial charge in [0.25, 0.3) is 0 Å². The van der Waals surface area contributed by atoms with E-state index in [1.54, 1.807) is 24.4 Å². The van der Waals surface area contributed by atoms with Crippen molar-refractivity contribution in [1.82, 2.24) is 15.1 Å². The lowest BCUT2D eigenvalue weighted by molar-refractivity contribution is 0.197. The maximum atomic E-state index is 13.3. The molecular formula is C26H27FN4O2. The Bertz CT molecular complexity index is 1120. The molecule has 3 aromatic rings. The molecule has 0 bridgehead atoms. The van der Waals surface area contributed by atoms with E-state index in [0.29, 0.717) is 31.9 Å². The number of benzene rings is 2. The number of ether oxygens (including phenoxy) is 1. The number of anilines is 1. The van der Waals surface area contributed by atoms with Gasteiger partial charge in [0.05, 0.1) is 6.61 Å². The Labute approximate surface area is 193 Å². The quantitative estimate of drug-likeness (QED) is 0.566. The summed E-state index contributed by atoms with van der Waals surface area (Å²) in [5.41, 5.74) is 3.28. The molecule has 6 nitrogen and oxygen atoms in total. The van der Waals surface area contributed by atoms with Crippen LogP contribution in [0.4, 0.5) is 15.0 Å². The summed E-state index contributed by atoms with van der Waals surface area (Å²) in [5.74, 6) is 1.25. The van der Waals surface area contributed by atoms with Crippen molar-refractivity contribution in [2.45, 2.75) is 19.8 Å². The number of urea groups is 1. The van der Waals surface area contributed by atoms with Crippen molar-refractivity contribution in [2.75, 3.05) is 25.0 Å². The minimum atomic E-state index is -0.229. The smallest absolute Gasteiger partial charge is 0.323 e. The first kappa shape index (κ1) is 22.5. The van der Waals surface area contributed by atoms with E-state index in [1.165, 1.54) is 17.7 Å². The molecule has 33 heavy (non-hydrogen) atoms. The van der Waals surface area contributed by atoms with Gasteiger partial charge in [-0.25, -0.2) is 9.18 Å². The number of hydrogen-bond acceptors (Lipinski definition) is 4. The SMILES string of the molecule is CC1CN(C(=O)Nc2cccnn2)CCC1=Cc1cccc(OCCc2cccc(F)c2)c1. The van der Waals surface area contributed by atoms with Crippen LogP contribution in [0.2, 0.25) is 0 Å². The first-order chi connectivity index (χ1) is 16.1. The van der Waals surface area contributed by atoms with Gasteiger partial charge >= 0.3 is 6.03 Å². The minimum Gasteiger partial charge on any atom is -0.493 e. The largest absolute Gasteiger partial charge is 0.493 e. The van der Waals surface area contributed by atoms with Crippen LogP contribution < -0.4 is 10.1 Å². The van der Waals surface area contributed by atoms with Crippen LogP contribution in [0.1, 0.15) is 24.5 Å². The number of amides is 2. The molecule has 4 rings (SSSR count). The standard InChI is InChI=1S/C26H27FN4O2/c1-19-18-31(26(32)29-25-9-4-12-28-30-25)13-10-22(19)15-21-6-3-8-24(17-21)33-14-11-20-5-2-7-23(27)16-20/h2-9,12,15-17,19H,10-11,13-14,18H2,1H3,(H,29,30,32). The number of halogens is 1. The van der Waals surface area contributed by atoms with Crippen LogP contribution in [0.3, 0.4) is 0 Å². The van der Waals surface area contributed by atoms with E-state index < -0.39 is 0 Å². The molecule has 1 saturated heterocycles. The molecule has 1 atom stereocenters. The van der Waals surface area contributed by atoms with Gasteiger partial charge in [-0.15, -0.1) is 5.10 Å². The molecule has 2 heterocycles. The first-order valence-corrected chi connectivity index (χ1v) is 11.1. The van der Waals surface area contributed by atoms with Gasteiger partial charge in [-0.1, -0.05) is 42.8 Å². The molecule has 1 N–H and O–H groups in total. The summed E-state index contributed by atoms with van der Waals surface area (Å²) in [6, 6.07) is 17.8. The third kappa shape index (κ3) is 6.38. The fourth-order valence-electron chi connectivity index (χ4n) is 3.89. The Kier molecular flexibility index (Phi) is 7.29. The molecule has 1 fully saturated rings. The number of carbonyl (C=O) groups excluding carboxylic acids is 1. The monoisotopic (exact) mass is 446 g/mol. The Morgan fingerprint density at radius 2 is 2.09 bits per heavy atom. The molecule has 0 radical (unpaired) electrons. The van der Waals surface area contributed by atoms with Gasteiger partial charge in [0.1, 0.15) is 11.6 Å². The summed E-state index contributed by atoms with van der Waals surface area (Å²) < 4.78 is 19.2. The van der Waals surface area contributed by atoms with Crippen LogP contribution in [-0.2, 0) is 6.42 Å². The second kappa shape index (κ2) is 10.7. The third-order valence-electron chi connectivity index (χ3n) is 5.65. The fraction of sp³-hybridized carbons (Fsp3) is 0.269. The molecule has 2 aromatic carbocycles. The molecular weight excluding hydrogens is 419 g/mol. The van der Waals surface area contributed by atoms with E-state index in [4.69, 9.17) is 4.74 Å². The first-order valence-electron chi connectivity index (χ1n) is 11.1. The predicted molar refractivity (Wildman–Crippen MR) is 126 cm³/mol. The summed E-state index contributed by atoms with van der Waals surface area (Å²) in [6.45, 7) is 3.90. The zero-order valence-corrected chi connectivity index (χ0v) is 18.6. The van der Waals surface area contributed by atoms with Crippen molar-refractivity contribution in [3.63, 3.8) is 0 Å². The molecule has 1 aliphatic heterocycles. The summed E-state index contributed by atoms with van der Waals surface area (Å²) >= 11 is 0. The number of piperidine rings is 1. The maximum Gasteiger partial charge on any atom is 0.323 e. The zero-order chi connectivity index (χ0) is 23.0. The molecule has 1 aromatic heterocycles. The molecule has 0 saturated carbocycles. The Balaban J connectivity index is 1.32. The average molecular weight is 447 g/mol. The Morgan fingerprint density at radius 3 is 2.88 bits per heavy atom. The van der Waals surface area contributed by atoms with Crippen LogP contribution >= 0.6 is 0 Å². The molecule has 7 heteroatoms. The summed E-state index contributed by atoms with van der Waals surface area (Å²) in [5, 5.41) is 10.5. The lowest BCUT2D eigenvalue weighted by Gasteiger charge is -2.33. The Hall–Kier alpha value is -3.74. The lowest BCUT2D eigenvalue weighted by Crippen LogP contribution is -2.42. The predicted octanol–water partition coefficient (Wildman–Crippen LogP) is 5.19. The maximum absolute atomic E-state index is 13.3. The highest BCUT2D eigenvalue weighted by Crippen LogP contribution is 2.26. The van der Waals surface area contributed by atoms with Crippen molar-refractivity contribution in [2.24, 2.45) is 5.92 Å². The van der Waals surface area contributed by atoms with Gasteiger partial charge in [-0.2, -0.15) is 5.10 Å². The van der Waals surface area contributed by atoms with E-state index in [0.717, 1.165) is 23.3 Å². The van der Waals surface area contributed by atoms with Crippen molar-refractivity contribution >= 4 is 17.9 Å². The van der Waals surface area contributed by atoms with Gasteiger partial charge in [-0.05, 0) is 59.9 Å². The second-order valence-corrected chi connectivity index (χ2v) is 8.16. The highest BCUT2D eigenvalue weighted by molar-refractivity contribution is 5.88. The summed E-state index contributed by atoms with van der Waals surface area (Å²) in [7, 11) is 0. The van der Waals surface area contributed by atoms with Crippen molar-refractivity contribution in [1.29, 1.82) is 0 Å². The number of nitrogens with one attached hydrogen (secondary N) is 1. The van der Waals surface area contributed by atoms with E-state index >= 15 is 0 Å². The van der Waals surface area contributed by atoms with Crippen LogP contribution in [0.25, 0.3) is 6.08 Å². The fourth-order valence-corrected chi connectivity index (χ4v) is 3.89. The summed E-state index contributed by atoms with van der Waals surface area (Å²) in [4.78, 5) is 14.3. The van der Waals surface area contributed by atoms with Crippen molar-refractivity contribution < 1.29 is 13.9 Å². The van der Waals surface area contributed by atoms with E-state index in [-0.39, 0.29) is 17.8 Å². The normalized spacial score (nSPS) is 17.1. The number of rotatable bonds is 6. The van der Waals surface area contributed by atoms with Crippen LogP contribution in [0.15, 0.2) is 72.4 Å². The van der Waals surface area contributed by atoms with E-state index in [2.05, 4.69) is 28.5 Å². The zero-order valence-electron chi connectivity index (χ0n) is 18.6. The van der Waals surface area contributed by atoms with Crippen LogP contribution in [0.5, 0.6) is 5.75 Å². The van der Waals surface area contributed by atoms with Gasteiger partial charge in [0.2, 0.25) is 0 Å². The van der Waals surface area contributed by atoms with Crippen LogP contribution in [-0.4, -0.2) is 40.8 Å².